The average Bonchev–Trinajstić information content (AvgIpc) is 3.04. The summed E-state index contributed by atoms with van der Waals surface area (Å²) in [6.07, 6.45) is 0.423. The summed E-state index contributed by atoms with van der Waals surface area (Å²) < 4.78 is 10.6. The molecule has 0 radical (unpaired) electrons. The maximum atomic E-state index is 12.8. The van der Waals surface area contributed by atoms with Gasteiger partial charge in [0.25, 0.3) is 11.1 Å². The fraction of sp³-hybridized carbons (Fsp3) is 0.250. The molecule has 0 unspecified atom stereocenters. The first kappa shape index (κ1) is 24.8. The second-order valence-corrected chi connectivity index (χ2v) is 8.64. The third-order valence-corrected chi connectivity index (χ3v) is 5.89. The Morgan fingerprint density at radius 3 is 2.56 bits per heavy atom. The third kappa shape index (κ3) is 5.76. The molecule has 3 rings (SSSR count). The number of carboxylic acid groups (broad SMARTS) is 1. The summed E-state index contributed by atoms with van der Waals surface area (Å²) in [5, 5.41) is 11.2. The standard InChI is InChI=1S/C24H24N2O7S/c1-13-5-6-14(2)17(9-13)25-21(27)12-26-22(28)20(34-24(26)31)11-16-7-8-18(19(10-16)32-4)33-15(3)23(29)30/h5-11,15H,12H2,1-4H3,(H,25,27)(H,29,30)/b20-11+/t15-/m0/s1. The van der Waals surface area contributed by atoms with Gasteiger partial charge in [-0.15, -0.1) is 0 Å². The molecule has 178 valence electrons. The van der Waals surface area contributed by atoms with Gasteiger partial charge in [-0.05, 0) is 73.5 Å². The maximum absolute atomic E-state index is 12.8. The van der Waals surface area contributed by atoms with Gasteiger partial charge < -0.3 is 19.9 Å². The van der Waals surface area contributed by atoms with Crippen molar-refractivity contribution in [3.8, 4) is 11.5 Å². The van der Waals surface area contributed by atoms with Gasteiger partial charge in [-0.1, -0.05) is 18.2 Å². The van der Waals surface area contributed by atoms with E-state index in [1.54, 1.807) is 12.1 Å². The molecule has 1 fully saturated rings. The first-order valence-corrected chi connectivity index (χ1v) is 11.1. The maximum Gasteiger partial charge on any atom is 0.344 e. The van der Waals surface area contributed by atoms with Gasteiger partial charge in [0.1, 0.15) is 6.54 Å². The summed E-state index contributed by atoms with van der Waals surface area (Å²) >= 11 is 0.731. The van der Waals surface area contributed by atoms with Crippen LogP contribution in [-0.2, 0) is 14.4 Å². The average molecular weight is 485 g/mol. The number of aryl methyl sites for hydroxylation is 2. The van der Waals surface area contributed by atoms with Crippen LogP contribution in [0.4, 0.5) is 10.5 Å². The van der Waals surface area contributed by atoms with Gasteiger partial charge in [0.15, 0.2) is 17.6 Å². The number of benzene rings is 2. The Balaban J connectivity index is 1.73. The van der Waals surface area contributed by atoms with Crippen LogP contribution in [0.2, 0.25) is 0 Å². The molecular formula is C24H24N2O7S. The number of methoxy groups -OCH3 is 1. The number of imide groups is 1. The van der Waals surface area contributed by atoms with Crippen molar-refractivity contribution in [1.29, 1.82) is 0 Å². The number of carbonyl (C=O) groups is 4. The zero-order valence-electron chi connectivity index (χ0n) is 19.1. The van der Waals surface area contributed by atoms with Crippen molar-refractivity contribution in [1.82, 2.24) is 4.90 Å². The number of anilines is 1. The minimum atomic E-state index is -1.12. The van der Waals surface area contributed by atoms with Gasteiger partial charge in [0, 0.05) is 5.69 Å². The van der Waals surface area contributed by atoms with Crippen molar-refractivity contribution < 1.29 is 33.8 Å². The van der Waals surface area contributed by atoms with Gasteiger partial charge in [0.2, 0.25) is 5.91 Å². The number of nitrogens with zero attached hydrogens (tertiary/aromatic N) is 1. The molecule has 1 aliphatic rings. The van der Waals surface area contributed by atoms with E-state index in [2.05, 4.69) is 5.32 Å². The van der Waals surface area contributed by atoms with Crippen LogP contribution in [0, 0.1) is 13.8 Å². The van der Waals surface area contributed by atoms with Crippen molar-refractivity contribution >= 4 is 46.5 Å². The highest BCUT2D eigenvalue weighted by Crippen LogP contribution is 2.35. The zero-order valence-corrected chi connectivity index (χ0v) is 19.9. The Morgan fingerprint density at radius 2 is 1.88 bits per heavy atom. The molecule has 3 amide bonds. The Kier molecular flexibility index (Phi) is 7.62. The van der Waals surface area contributed by atoms with Crippen LogP contribution in [0.1, 0.15) is 23.6 Å². The van der Waals surface area contributed by atoms with Crippen molar-refractivity contribution in [3.05, 3.63) is 58.0 Å². The van der Waals surface area contributed by atoms with Crippen LogP contribution in [0.3, 0.4) is 0 Å². The number of carboxylic acids is 1. The normalized spacial score (nSPS) is 15.4. The van der Waals surface area contributed by atoms with Crippen LogP contribution >= 0.6 is 11.8 Å². The molecule has 0 saturated carbocycles. The number of thioether (sulfide) groups is 1. The fourth-order valence-corrected chi connectivity index (χ4v) is 3.94. The molecule has 1 heterocycles. The summed E-state index contributed by atoms with van der Waals surface area (Å²) in [4.78, 5) is 49.7. The number of aliphatic carboxylic acids is 1. The molecule has 0 bridgehead atoms. The molecule has 2 N–H and O–H groups in total. The number of carbonyl (C=O) groups excluding carboxylic acids is 3. The highest BCUT2D eigenvalue weighted by molar-refractivity contribution is 8.18. The van der Waals surface area contributed by atoms with E-state index in [1.807, 2.05) is 32.0 Å². The van der Waals surface area contributed by atoms with Crippen LogP contribution in [0.5, 0.6) is 11.5 Å². The lowest BCUT2D eigenvalue weighted by Crippen LogP contribution is -2.36. The second kappa shape index (κ2) is 10.4. The lowest BCUT2D eigenvalue weighted by Gasteiger charge is -2.14. The van der Waals surface area contributed by atoms with E-state index in [0.717, 1.165) is 27.8 Å². The SMILES string of the molecule is COc1cc(/C=C2/SC(=O)N(CC(=O)Nc3cc(C)ccc3C)C2=O)ccc1O[C@@H](C)C(=O)O. The number of rotatable bonds is 8. The number of nitrogens with one attached hydrogen (secondary N) is 1. The van der Waals surface area contributed by atoms with Crippen molar-refractivity contribution in [2.24, 2.45) is 0 Å². The Morgan fingerprint density at radius 1 is 1.15 bits per heavy atom. The fourth-order valence-electron chi connectivity index (χ4n) is 3.10. The number of hydrogen-bond donors (Lipinski definition) is 2. The van der Waals surface area contributed by atoms with Gasteiger partial charge in [-0.25, -0.2) is 4.79 Å². The zero-order chi connectivity index (χ0) is 25.0. The van der Waals surface area contributed by atoms with E-state index in [1.165, 1.54) is 26.2 Å². The smallest absolute Gasteiger partial charge is 0.344 e. The molecule has 0 aliphatic carbocycles. The lowest BCUT2D eigenvalue weighted by molar-refractivity contribution is -0.144. The van der Waals surface area contributed by atoms with Crippen LogP contribution in [0.15, 0.2) is 41.3 Å². The van der Waals surface area contributed by atoms with Crippen molar-refractivity contribution in [2.45, 2.75) is 26.9 Å². The molecule has 2 aromatic carbocycles. The highest BCUT2D eigenvalue weighted by Gasteiger charge is 2.36. The van der Waals surface area contributed by atoms with Gasteiger partial charge in [-0.2, -0.15) is 0 Å². The predicted molar refractivity (Wildman–Crippen MR) is 128 cm³/mol. The summed E-state index contributed by atoms with van der Waals surface area (Å²) in [7, 11) is 1.40. The number of ether oxygens (including phenoxy) is 2. The van der Waals surface area contributed by atoms with Gasteiger partial charge >= 0.3 is 5.97 Å². The molecule has 10 heteroatoms. The van der Waals surface area contributed by atoms with Gasteiger partial charge in [0.05, 0.1) is 12.0 Å². The quantitative estimate of drug-likeness (QED) is 0.542. The number of hydrogen-bond acceptors (Lipinski definition) is 7. The molecule has 1 aliphatic heterocycles. The van der Waals surface area contributed by atoms with Crippen LogP contribution in [0.25, 0.3) is 6.08 Å². The molecule has 1 saturated heterocycles. The molecule has 2 aromatic rings. The van der Waals surface area contributed by atoms with Crippen LogP contribution in [-0.4, -0.2) is 52.8 Å². The molecule has 34 heavy (non-hydrogen) atoms. The Hall–Kier alpha value is -3.79. The molecule has 0 aromatic heterocycles. The lowest BCUT2D eigenvalue weighted by atomic mass is 10.1. The van der Waals surface area contributed by atoms with E-state index in [4.69, 9.17) is 14.6 Å². The summed E-state index contributed by atoms with van der Waals surface area (Å²) in [6, 6.07) is 10.3. The molecular weight excluding hydrogens is 460 g/mol. The highest BCUT2D eigenvalue weighted by atomic mass is 32.2. The molecule has 9 nitrogen and oxygen atoms in total. The van der Waals surface area contributed by atoms with E-state index in [0.29, 0.717) is 11.3 Å². The topological polar surface area (TPSA) is 122 Å². The summed E-state index contributed by atoms with van der Waals surface area (Å²) in [5.74, 6) is -1.68. The van der Waals surface area contributed by atoms with Crippen molar-refractivity contribution in [3.63, 3.8) is 0 Å². The van der Waals surface area contributed by atoms with E-state index >= 15 is 0 Å². The van der Waals surface area contributed by atoms with E-state index in [9.17, 15) is 19.2 Å². The van der Waals surface area contributed by atoms with E-state index in [-0.39, 0.29) is 16.4 Å². The Bertz CT molecular complexity index is 1190. The summed E-state index contributed by atoms with van der Waals surface area (Å²) in [6.45, 7) is 4.74. The molecule has 1 atom stereocenters. The van der Waals surface area contributed by atoms with E-state index < -0.39 is 35.7 Å². The minimum Gasteiger partial charge on any atom is -0.493 e. The first-order valence-electron chi connectivity index (χ1n) is 10.3. The number of amides is 3. The minimum absolute atomic E-state index is 0.152. The monoisotopic (exact) mass is 484 g/mol. The predicted octanol–water partition coefficient (Wildman–Crippen LogP) is 3.84. The third-order valence-electron chi connectivity index (χ3n) is 4.98. The van der Waals surface area contributed by atoms with Crippen molar-refractivity contribution in [2.75, 3.05) is 19.0 Å². The molecule has 0 spiro atoms. The Labute approximate surface area is 200 Å². The van der Waals surface area contributed by atoms with Crippen LogP contribution < -0.4 is 14.8 Å². The van der Waals surface area contributed by atoms with Gasteiger partial charge in [-0.3, -0.25) is 19.3 Å². The largest absolute Gasteiger partial charge is 0.493 e. The second-order valence-electron chi connectivity index (χ2n) is 7.64. The summed E-state index contributed by atoms with van der Waals surface area (Å²) in [5.41, 5.74) is 3.00. The first-order chi connectivity index (χ1) is 16.1.